The quantitative estimate of drug-likeness (QED) is 0.765. The lowest BCUT2D eigenvalue weighted by Crippen LogP contribution is -2.61. The average Bonchev–Trinajstić information content (AvgIpc) is 2.66. The number of carbonyl (C=O) groups is 2. The van der Waals surface area contributed by atoms with Gasteiger partial charge in [-0.1, -0.05) is 6.92 Å². The van der Waals surface area contributed by atoms with E-state index in [9.17, 15) is 9.59 Å². The smallest absolute Gasteiger partial charge is 0.222 e. The molecule has 0 aromatic heterocycles. The number of rotatable bonds is 1. The van der Waals surface area contributed by atoms with Crippen LogP contribution in [0, 0.1) is 23.2 Å². The van der Waals surface area contributed by atoms with Gasteiger partial charge in [0, 0.05) is 31.5 Å². The molecule has 2 heterocycles. The molecule has 2 aliphatic carbocycles. The summed E-state index contributed by atoms with van der Waals surface area (Å²) in [6, 6.07) is 0.235. The fourth-order valence-electron chi connectivity index (χ4n) is 6.71. The van der Waals surface area contributed by atoms with E-state index in [0.717, 1.165) is 32.1 Å². The summed E-state index contributed by atoms with van der Waals surface area (Å²) in [6.45, 7) is 4.48. The zero-order valence-corrected chi connectivity index (χ0v) is 15.8. The van der Waals surface area contributed by atoms with Gasteiger partial charge in [-0.3, -0.25) is 9.59 Å². The predicted molar refractivity (Wildman–Crippen MR) is 94.8 cm³/mol. The zero-order chi connectivity index (χ0) is 17.8. The van der Waals surface area contributed by atoms with Crippen molar-refractivity contribution in [1.82, 2.24) is 10.6 Å². The Labute approximate surface area is 150 Å². The first-order valence-corrected chi connectivity index (χ1v) is 9.99. The van der Waals surface area contributed by atoms with Crippen molar-refractivity contribution in [2.75, 3.05) is 7.11 Å². The number of ether oxygens (including phenoxy) is 1. The highest BCUT2D eigenvalue weighted by Crippen LogP contribution is 2.56. The summed E-state index contributed by atoms with van der Waals surface area (Å²) in [7, 11) is 1.82. The Balaban J connectivity index is 1.66. The number of methoxy groups -OCH3 is 1. The molecule has 4 aliphatic rings. The maximum Gasteiger partial charge on any atom is 0.222 e. The fourth-order valence-corrected chi connectivity index (χ4v) is 6.71. The largest absolute Gasteiger partial charge is 0.381 e. The second-order valence-corrected chi connectivity index (χ2v) is 9.41. The maximum absolute atomic E-state index is 12.8. The topological polar surface area (TPSA) is 67.4 Å². The van der Waals surface area contributed by atoms with Crippen LogP contribution < -0.4 is 10.6 Å². The van der Waals surface area contributed by atoms with E-state index in [-0.39, 0.29) is 28.8 Å². The third-order valence-electron chi connectivity index (χ3n) is 8.09. The van der Waals surface area contributed by atoms with Crippen LogP contribution in [0.1, 0.15) is 65.2 Å². The lowest BCUT2D eigenvalue weighted by Gasteiger charge is -2.57. The minimum atomic E-state index is -0.383. The van der Waals surface area contributed by atoms with Gasteiger partial charge in [-0.05, 0) is 68.6 Å². The molecule has 4 fully saturated rings. The van der Waals surface area contributed by atoms with Gasteiger partial charge in [0.2, 0.25) is 11.8 Å². The first-order chi connectivity index (χ1) is 11.9. The number of hydrogen-bond donors (Lipinski definition) is 2. The number of hydrogen-bond acceptors (Lipinski definition) is 3. The van der Waals surface area contributed by atoms with E-state index in [1.165, 1.54) is 6.42 Å². The third-order valence-corrected chi connectivity index (χ3v) is 8.09. The monoisotopic (exact) mass is 348 g/mol. The van der Waals surface area contributed by atoms with Gasteiger partial charge in [0.1, 0.15) is 0 Å². The van der Waals surface area contributed by atoms with Crippen LogP contribution >= 0.6 is 0 Å². The van der Waals surface area contributed by atoms with Crippen LogP contribution in [0.15, 0.2) is 0 Å². The lowest BCUT2D eigenvalue weighted by molar-refractivity contribution is -0.129. The molecule has 140 valence electrons. The van der Waals surface area contributed by atoms with Crippen LogP contribution in [-0.2, 0) is 14.3 Å². The zero-order valence-electron chi connectivity index (χ0n) is 15.8. The molecule has 2 saturated heterocycles. The van der Waals surface area contributed by atoms with Crippen molar-refractivity contribution < 1.29 is 14.3 Å². The van der Waals surface area contributed by atoms with Crippen molar-refractivity contribution in [2.24, 2.45) is 23.2 Å². The summed E-state index contributed by atoms with van der Waals surface area (Å²) in [5, 5.41) is 6.60. The highest BCUT2D eigenvalue weighted by atomic mass is 16.5. The summed E-state index contributed by atoms with van der Waals surface area (Å²) in [5.41, 5.74) is -0.230. The standard InChI is InChI=1S/C20H32N2O3/c1-19-9-8-13(25-3)10-12(19)4-5-14-15-6-7-16(23)22-20(15,2)11-17(24)21-18(14)19/h12-15,18H,4-11H2,1-3H3,(H,21,24)(H,22,23)/t12-,13-,14-,15-,18-,19-,20-/m0/s1. The minimum absolute atomic E-state index is 0.102. The van der Waals surface area contributed by atoms with Crippen molar-refractivity contribution in [2.45, 2.75) is 82.9 Å². The predicted octanol–water partition coefficient (Wildman–Crippen LogP) is 2.39. The van der Waals surface area contributed by atoms with E-state index in [1.54, 1.807) is 0 Å². The van der Waals surface area contributed by atoms with Crippen molar-refractivity contribution in [1.29, 1.82) is 0 Å². The highest BCUT2D eigenvalue weighted by Gasteiger charge is 2.58. The van der Waals surface area contributed by atoms with E-state index in [1.807, 2.05) is 7.11 Å². The molecule has 0 aromatic carbocycles. The Morgan fingerprint density at radius 3 is 2.64 bits per heavy atom. The van der Waals surface area contributed by atoms with Crippen LogP contribution in [0.2, 0.25) is 0 Å². The third kappa shape index (κ3) is 2.70. The molecule has 0 aromatic rings. The molecule has 0 unspecified atom stereocenters. The van der Waals surface area contributed by atoms with Gasteiger partial charge in [-0.2, -0.15) is 0 Å². The molecule has 25 heavy (non-hydrogen) atoms. The summed E-state index contributed by atoms with van der Waals surface area (Å²) < 4.78 is 5.65. The molecular weight excluding hydrogens is 316 g/mol. The SMILES string of the molecule is CO[C@H]1CC[C@@]2(C)[C@@H](CC[C@@H]3[C@@H]2NC(=O)C[C@]2(C)NC(=O)CC[C@@H]32)C1. The molecule has 0 spiro atoms. The number of carbonyl (C=O) groups excluding carboxylic acids is 2. The molecular formula is C20H32N2O3. The molecule has 5 nitrogen and oxygen atoms in total. The number of amides is 2. The van der Waals surface area contributed by atoms with Crippen molar-refractivity contribution in [3.63, 3.8) is 0 Å². The highest BCUT2D eigenvalue weighted by molar-refractivity contribution is 5.82. The molecule has 5 heteroatoms. The van der Waals surface area contributed by atoms with E-state index < -0.39 is 0 Å². The molecule has 2 amide bonds. The van der Waals surface area contributed by atoms with Gasteiger partial charge in [-0.15, -0.1) is 0 Å². The first kappa shape index (κ1) is 17.3. The van der Waals surface area contributed by atoms with Gasteiger partial charge < -0.3 is 15.4 Å². The van der Waals surface area contributed by atoms with E-state index >= 15 is 0 Å². The summed E-state index contributed by atoms with van der Waals surface area (Å²) in [4.78, 5) is 24.8. The number of piperidine rings is 1. The van der Waals surface area contributed by atoms with Crippen molar-refractivity contribution in [3.8, 4) is 0 Å². The van der Waals surface area contributed by atoms with Crippen LogP contribution in [0.4, 0.5) is 0 Å². The van der Waals surface area contributed by atoms with E-state index in [4.69, 9.17) is 4.74 Å². The van der Waals surface area contributed by atoms with Crippen molar-refractivity contribution >= 4 is 11.8 Å². The summed E-state index contributed by atoms with van der Waals surface area (Å²) in [5.74, 6) is 1.70. The molecule has 7 atom stereocenters. The van der Waals surface area contributed by atoms with Gasteiger partial charge >= 0.3 is 0 Å². The first-order valence-electron chi connectivity index (χ1n) is 9.99. The molecule has 2 saturated carbocycles. The molecule has 0 radical (unpaired) electrons. The summed E-state index contributed by atoms with van der Waals surface area (Å²) >= 11 is 0. The maximum atomic E-state index is 12.8. The number of fused-ring (bicyclic) bond motifs is 5. The van der Waals surface area contributed by atoms with Gasteiger partial charge in [0.15, 0.2) is 0 Å². The molecule has 2 aliphatic heterocycles. The summed E-state index contributed by atoms with van der Waals surface area (Å²) in [6.07, 6.45) is 7.99. The minimum Gasteiger partial charge on any atom is -0.381 e. The van der Waals surface area contributed by atoms with Crippen LogP contribution in [0.25, 0.3) is 0 Å². The Kier molecular flexibility index (Phi) is 4.13. The molecule has 4 rings (SSSR count). The average molecular weight is 348 g/mol. The van der Waals surface area contributed by atoms with Gasteiger partial charge in [0.05, 0.1) is 6.10 Å². The van der Waals surface area contributed by atoms with Crippen LogP contribution in [0.5, 0.6) is 0 Å². The second-order valence-electron chi connectivity index (χ2n) is 9.41. The Morgan fingerprint density at radius 2 is 1.88 bits per heavy atom. The van der Waals surface area contributed by atoms with Crippen LogP contribution in [0.3, 0.4) is 0 Å². The second kappa shape index (κ2) is 5.97. The molecule has 0 bridgehead atoms. The van der Waals surface area contributed by atoms with E-state index in [0.29, 0.717) is 36.7 Å². The number of nitrogens with one attached hydrogen (secondary N) is 2. The Morgan fingerprint density at radius 1 is 1.08 bits per heavy atom. The van der Waals surface area contributed by atoms with Gasteiger partial charge in [-0.25, -0.2) is 0 Å². The molecule has 2 N–H and O–H groups in total. The van der Waals surface area contributed by atoms with Crippen molar-refractivity contribution in [3.05, 3.63) is 0 Å². The van der Waals surface area contributed by atoms with Crippen LogP contribution in [-0.4, -0.2) is 36.6 Å². The Hall–Kier alpha value is -1.10. The fraction of sp³-hybridized carbons (Fsp3) is 0.900. The lowest BCUT2D eigenvalue weighted by atomic mass is 9.51. The Bertz CT molecular complexity index is 579. The van der Waals surface area contributed by atoms with E-state index in [2.05, 4.69) is 24.5 Å². The normalized spacial score (nSPS) is 49.8. The van der Waals surface area contributed by atoms with Gasteiger partial charge in [0.25, 0.3) is 0 Å².